The summed E-state index contributed by atoms with van der Waals surface area (Å²) in [5.41, 5.74) is 1.54. The number of allylic oxidation sites excluding steroid dienone is 2. The zero-order valence-corrected chi connectivity index (χ0v) is 19.8. The Labute approximate surface area is 185 Å². The third kappa shape index (κ3) is 5.12. The van der Waals surface area contributed by atoms with E-state index in [2.05, 4.69) is 6.92 Å². The quantitative estimate of drug-likeness (QED) is 0.435. The topological polar surface area (TPSA) is 71.1 Å². The highest BCUT2D eigenvalue weighted by Crippen LogP contribution is 2.49. The Hall–Kier alpha value is -2.76. The van der Waals surface area contributed by atoms with Crippen molar-refractivity contribution in [2.24, 2.45) is 0 Å². The fourth-order valence-electron chi connectivity index (χ4n) is 3.53. The lowest BCUT2D eigenvalue weighted by atomic mass is 9.86. The van der Waals surface area contributed by atoms with Crippen LogP contribution in [0.5, 0.6) is 11.5 Å². The summed E-state index contributed by atoms with van der Waals surface area (Å²) in [6, 6.07) is 3.83. The monoisotopic (exact) mass is 430 g/mol. The van der Waals surface area contributed by atoms with Gasteiger partial charge in [-0.25, -0.2) is 9.59 Å². The second kappa shape index (κ2) is 10.0. The van der Waals surface area contributed by atoms with Crippen LogP contribution >= 0.6 is 0 Å². The number of hydrogen-bond acceptors (Lipinski definition) is 6. The van der Waals surface area contributed by atoms with Gasteiger partial charge in [0, 0.05) is 11.1 Å². The highest BCUT2D eigenvalue weighted by atomic mass is 16.6. The van der Waals surface area contributed by atoms with Gasteiger partial charge >= 0.3 is 11.9 Å². The van der Waals surface area contributed by atoms with Crippen LogP contribution < -0.4 is 9.47 Å². The summed E-state index contributed by atoms with van der Waals surface area (Å²) in [5, 5.41) is 0. The van der Waals surface area contributed by atoms with E-state index >= 15 is 0 Å². The number of carbonyl (C=O) groups is 2. The number of aryl methyl sites for hydroxylation is 1. The molecule has 0 amide bonds. The SMILES string of the molecule is C/C=C(\C)C(=O)O[C@@H]1c2c(ccc(CCC)c2OC)OC(C)(C)[C@@H]1OC(=O)/C(C)=C/C. The maximum Gasteiger partial charge on any atom is 0.334 e. The Balaban J connectivity index is 2.68. The molecule has 0 saturated heterocycles. The van der Waals surface area contributed by atoms with Gasteiger partial charge in [0.25, 0.3) is 0 Å². The lowest BCUT2D eigenvalue weighted by Gasteiger charge is -2.44. The van der Waals surface area contributed by atoms with Gasteiger partial charge in [-0.15, -0.1) is 0 Å². The molecule has 6 nitrogen and oxygen atoms in total. The Morgan fingerprint density at radius 2 is 1.65 bits per heavy atom. The lowest BCUT2D eigenvalue weighted by molar-refractivity contribution is -0.186. The number of methoxy groups -OCH3 is 1. The molecule has 0 spiro atoms. The molecule has 0 saturated carbocycles. The van der Waals surface area contributed by atoms with Gasteiger partial charge in [-0.1, -0.05) is 31.6 Å². The van der Waals surface area contributed by atoms with Crippen LogP contribution in [0.1, 0.15) is 72.1 Å². The van der Waals surface area contributed by atoms with Crippen molar-refractivity contribution in [2.45, 2.75) is 79.1 Å². The van der Waals surface area contributed by atoms with E-state index in [0.717, 1.165) is 18.4 Å². The second-order valence-electron chi connectivity index (χ2n) is 8.22. The molecular weight excluding hydrogens is 396 g/mol. The Morgan fingerprint density at radius 3 is 2.16 bits per heavy atom. The van der Waals surface area contributed by atoms with E-state index in [1.165, 1.54) is 0 Å². The summed E-state index contributed by atoms with van der Waals surface area (Å²) in [5.74, 6) is 0.172. The van der Waals surface area contributed by atoms with Gasteiger partial charge in [-0.3, -0.25) is 0 Å². The summed E-state index contributed by atoms with van der Waals surface area (Å²) in [7, 11) is 1.58. The van der Waals surface area contributed by atoms with Gasteiger partial charge in [0.05, 0.1) is 12.7 Å². The van der Waals surface area contributed by atoms with Crippen LogP contribution in [0.2, 0.25) is 0 Å². The van der Waals surface area contributed by atoms with E-state index in [1.807, 2.05) is 26.0 Å². The molecule has 0 aliphatic carbocycles. The van der Waals surface area contributed by atoms with Crippen molar-refractivity contribution in [3.8, 4) is 11.5 Å². The number of fused-ring (bicyclic) bond motifs is 1. The van der Waals surface area contributed by atoms with E-state index in [1.54, 1.807) is 47.0 Å². The molecule has 0 N–H and O–H groups in total. The second-order valence-corrected chi connectivity index (χ2v) is 8.22. The highest BCUT2D eigenvalue weighted by Gasteiger charge is 2.50. The third-order valence-electron chi connectivity index (χ3n) is 5.56. The lowest BCUT2D eigenvalue weighted by Crippen LogP contribution is -2.52. The molecule has 1 heterocycles. The highest BCUT2D eigenvalue weighted by molar-refractivity contribution is 5.89. The summed E-state index contributed by atoms with van der Waals surface area (Å²) in [6.07, 6.45) is 3.31. The standard InChI is InChI=1S/C25H34O6/c1-9-12-17-13-14-18-19(20(17)28-8)21(29-23(26)15(4)10-2)22(25(6,7)31-18)30-24(27)16(5)11-3/h10-11,13-14,21-22H,9,12H2,1-8H3/b15-10+,16-11+/t21-,22-/m1/s1. The molecule has 0 bridgehead atoms. The molecule has 2 rings (SSSR count). The Bertz CT molecular complexity index is 894. The van der Waals surface area contributed by atoms with Gasteiger partial charge in [0.2, 0.25) is 0 Å². The van der Waals surface area contributed by atoms with Crippen LogP contribution in [0.15, 0.2) is 35.4 Å². The molecule has 2 atom stereocenters. The van der Waals surface area contributed by atoms with Crippen LogP contribution in [0.4, 0.5) is 0 Å². The minimum absolute atomic E-state index is 0.461. The zero-order chi connectivity index (χ0) is 23.3. The molecule has 6 heteroatoms. The molecule has 0 radical (unpaired) electrons. The number of ether oxygens (including phenoxy) is 4. The first-order valence-electron chi connectivity index (χ1n) is 10.7. The maximum atomic E-state index is 12.8. The predicted octanol–water partition coefficient (Wildman–Crippen LogP) is 5.25. The van der Waals surface area contributed by atoms with Gasteiger partial charge in [0.1, 0.15) is 17.1 Å². The first-order chi connectivity index (χ1) is 14.6. The molecule has 31 heavy (non-hydrogen) atoms. The van der Waals surface area contributed by atoms with E-state index in [-0.39, 0.29) is 0 Å². The summed E-state index contributed by atoms with van der Waals surface area (Å²) < 4.78 is 23.8. The van der Waals surface area contributed by atoms with Crippen molar-refractivity contribution in [3.05, 3.63) is 46.6 Å². The normalized spacial score (nSPS) is 20.4. The summed E-state index contributed by atoms with van der Waals surface area (Å²) >= 11 is 0. The predicted molar refractivity (Wildman–Crippen MR) is 119 cm³/mol. The molecule has 1 aromatic rings. The summed E-state index contributed by atoms with van der Waals surface area (Å²) in [6.45, 7) is 12.6. The fraction of sp³-hybridized carbons (Fsp3) is 0.520. The van der Waals surface area contributed by atoms with Crippen LogP contribution in [0.3, 0.4) is 0 Å². The Kier molecular flexibility index (Phi) is 7.93. The number of carbonyl (C=O) groups excluding carboxylic acids is 2. The van der Waals surface area contributed by atoms with Crippen molar-refractivity contribution in [1.82, 2.24) is 0 Å². The number of hydrogen-bond donors (Lipinski definition) is 0. The van der Waals surface area contributed by atoms with Crippen molar-refractivity contribution in [3.63, 3.8) is 0 Å². The first kappa shape index (κ1) is 24.5. The molecule has 0 unspecified atom stereocenters. The number of esters is 2. The van der Waals surface area contributed by atoms with Crippen molar-refractivity contribution in [1.29, 1.82) is 0 Å². The molecular formula is C25H34O6. The van der Waals surface area contributed by atoms with Crippen molar-refractivity contribution < 1.29 is 28.5 Å². The Morgan fingerprint density at radius 1 is 1.06 bits per heavy atom. The number of rotatable bonds is 7. The molecule has 1 aliphatic heterocycles. The maximum absolute atomic E-state index is 12.8. The van der Waals surface area contributed by atoms with E-state index in [9.17, 15) is 9.59 Å². The molecule has 0 aromatic heterocycles. The molecule has 1 aromatic carbocycles. The van der Waals surface area contributed by atoms with E-state index in [0.29, 0.717) is 28.2 Å². The van der Waals surface area contributed by atoms with E-state index in [4.69, 9.17) is 18.9 Å². The third-order valence-corrected chi connectivity index (χ3v) is 5.56. The summed E-state index contributed by atoms with van der Waals surface area (Å²) in [4.78, 5) is 25.4. The first-order valence-corrected chi connectivity index (χ1v) is 10.7. The molecule has 0 fully saturated rings. The minimum atomic E-state index is -0.942. The average molecular weight is 431 g/mol. The molecule has 1 aliphatic rings. The van der Waals surface area contributed by atoms with Gasteiger partial charge < -0.3 is 18.9 Å². The largest absolute Gasteiger partial charge is 0.496 e. The smallest absolute Gasteiger partial charge is 0.334 e. The average Bonchev–Trinajstić information content (AvgIpc) is 2.74. The van der Waals surface area contributed by atoms with Gasteiger partial charge in [-0.05, 0) is 59.6 Å². The van der Waals surface area contributed by atoms with Crippen LogP contribution in [-0.4, -0.2) is 30.8 Å². The van der Waals surface area contributed by atoms with Crippen LogP contribution in [-0.2, 0) is 25.5 Å². The van der Waals surface area contributed by atoms with Crippen LogP contribution in [0, 0.1) is 0 Å². The van der Waals surface area contributed by atoms with Gasteiger partial charge in [0.15, 0.2) is 12.2 Å². The number of benzene rings is 1. The molecule has 170 valence electrons. The van der Waals surface area contributed by atoms with Gasteiger partial charge in [-0.2, -0.15) is 0 Å². The van der Waals surface area contributed by atoms with Crippen LogP contribution in [0.25, 0.3) is 0 Å². The zero-order valence-electron chi connectivity index (χ0n) is 19.8. The van der Waals surface area contributed by atoms with E-state index < -0.39 is 29.7 Å². The fourth-order valence-corrected chi connectivity index (χ4v) is 3.53. The minimum Gasteiger partial charge on any atom is -0.496 e. The van der Waals surface area contributed by atoms with Crippen molar-refractivity contribution >= 4 is 11.9 Å². The van der Waals surface area contributed by atoms with Crippen molar-refractivity contribution in [2.75, 3.05) is 7.11 Å².